The molecule has 1 saturated carbocycles. The highest BCUT2D eigenvalue weighted by atomic mass is 16.5. The van der Waals surface area contributed by atoms with Gasteiger partial charge in [-0.2, -0.15) is 9.61 Å². The van der Waals surface area contributed by atoms with E-state index in [1.807, 2.05) is 12.3 Å². The summed E-state index contributed by atoms with van der Waals surface area (Å²) in [4.78, 5) is 31.2. The van der Waals surface area contributed by atoms with E-state index in [1.54, 1.807) is 35.4 Å². The molecule has 11 nitrogen and oxygen atoms in total. The Hall–Kier alpha value is -3.44. The summed E-state index contributed by atoms with van der Waals surface area (Å²) in [5.41, 5.74) is 0.834. The fourth-order valence-corrected chi connectivity index (χ4v) is 5.38. The van der Waals surface area contributed by atoms with Crippen LogP contribution in [0.15, 0.2) is 35.4 Å². The number of methoxy groups -OCH3 is 1. The predicted molar refractivity (Wildman–Crippen MR) is 141 cm³/mol. The monoisotopic (exact) mass is 509 g/mol. The Labute approximate surface area is 215 Å². The Morgan fingerprint density at radius 1 is 1.27 bits per heavy atom. The number of nitrogens with one attached hydrogen (secondary N) is 3. The van der Waals surface area contributed by atoms with Gasteiger partial charge in [-0.15, -0.1) is 0 Å². The number of hydrogen-bond donors (Lipinski definition) is 3. The lowest BCUT2D eigenvalue weighted by atomic mass is 9.83. The molecule has 37 heavy (non-hydrogen) atoms. The molecule has 1 aliphatic heterocycles. The number of rotatable bonds is 7. The highest BCUT2D eigenvalue weighted by Gasteiger charge is 2.33. The molecule has 1 amide bonds. The van der Waals surface area contributed by atoms with E-state index < -0.39 is 0 Å². The first kappa shape index (κ1) is 25.2. The van der Waals surface area contributed by atoms with Gasteiger partial charge in [0.15, 0.2) is 5.65 Å². The molecule has 2 atom stereocenters. The molecule has 5 rings (SSSR count). The maximum Gasteiger partial charge on any atom is 0.274 e. The summed E-state index contributed by atoms with van der Waals surface area (Å²) >= 11 is 0. The maximum absolute atomic E-state index is 13.3. The molecule has 3 aromatic rings. The second-order valence-corrected chi connectivity index (χ2v) is 10.1. The predicted octanol–water partition coefficient (Wildman–Crippen LogP) is 3.11. The van der Waals surface area contributed by atoms with Gasteiger partial charge in [0.25, 0.3) is 11.5 Å². The molecule has 11 heteroatoms. The number of carbonyl (C=O) groups is 1. The van der Waals surface area contributed by atoms with Gasteiger partial charge in [-0.1, -0.05) is 0 Å². The number of fused-ring (bicyclic) bond motifs is 1. The van der Waals surface area contributed by atoms with E-state index in [-0.39, 0.29) is 29.2 Å². The Morgan fingerprint density at radius 3 is 2.84 bits per heavy atom. The van der Waals surface area contributed by atoms with Crippen molar-refractivity contribution in [1.82, 2.24) is 24.5 Å². The van der Waals surface area contributed by atoms with Crippen molar-refractivity contribution in [3.63, 3.8) is 0 Å². The lowest BCUT2D eigenvalue weighted by Crippen LogP contribution is -2.45. The van der Waals surface area contributed by atoms with Crippen LogP contribution in [0.4, 0.5) is 17.3 Å². The third-order valence-corrected chi connectivity index (χ3v) is 7.56. The smallest absolute Gasteiger partial charge is 0.274 e. The zero-order chi connectivity index (χ0) is 26.0. The van der Waals surface area contributed by atoms with Gasteiger partial charge in [0.1, 0.15) is 22.9 Å². The van der Waals surface area contributed by atoms with E-state index in [0.717, 1.165) is 38.5 Å². The highest BCUT2D eigenvalue weighted by molar-refractivity contribution is 6.00. The van der Waals surface area contributed by atoms with Crippen LogP contribution in [-0.4, -0.2) is 64.1 Å². The molecule has 3 aromatic heterocycles. The van der Waals surface area contributed by atoms with Crippen LogP contribution < -0.4 is 21.5 Å². The fraction of sp³-hybridized carbons (Fsp3) is 0.538. The topological polar surface area (TPSA) is 124 Å². The van der Waals surface area contributed by atoms with Gasteiger partial charge in [0, 0.05) is 51.7 Å². The maximum atomic E-state index is 13.3. The molecule has 2 aliphatic rings. The van der Waals surface area contributed by atoms with Crippen molar-refractivity contribution in [3.05, 3.63) is 46.5 Å². The Kier molecular flexibility index (Phi) is 7.16. The summed E-state index contributed by atoms with van der Waals surface area (Å²) in [6, 6.07) is 5.48. The van der Waals surface area contributed by atoms with Crippen LogP contribution >= 0.6 is 0 Å². The second kappa shape index (κ2) is 10.5. The van der Waals surface area contributed by atoms with Crippen molar-refractivity contribution >= 4 is 28.9 Å². The molecule has 1 aliphatic carbocycles. The van der Waals surface area contributed by atoms with Gasteiger partial charge in [0.2, 0.25) is 0 Å². The number of pyridine rings is 1. The van der Waals surface area contributed by atoms with Crippen molar-refractivity contribution in [2.24, 2.45) is 0 Å². The first-order valence-corrected chi connectivity index (χ1v) is 12.9. The van der Waals surface area contributed by atoms with Crippen LogP contribution in [-0.2, 0) is 9.47 Å². The number of hydrogen-bond acceptors (Lipinski definition) is 8. The SMILES string of the molecule is CNc1cc(Nc2cccn(C3CCOCC3)c2=O)nc2c(C(=O)NC3CCC[C@](C)(OC)C3)cnn12. The highest BCUT2D eigenvalue weighted by Crippen LogP contribution is 2.31. The lowest BCUT2D eigenvalue weighted by molar-refractivity contribution is -0.0314. The van der Waals surface area contributed by atoms with Crippen LogP contribution in [0.5, 0.6) is 0 Å². The average Bonchev–Trinajstić information content (AvgIpc) is 3.34. The van der Waals surface area contributed by atoms with Crippen molar-refractivity contribution in [2.75, 3.05) is 38.0 Å². The van der Waals surface area contributed by atoms with Crippen LogP contribution in [0.25, 0.3) is 5.65 Å². The van der Waals surface area contributed by atoms with E-state index in [0.29, 0.717) is 41.7 Å². The second-order valence-electron chi connectivity index (χ2n) is 10.1. The summed E-state index contributed by atoms with van der Waals surface area (Å²) in [5.74, 6) is 0.850. The Morgan fingerprint density at radius 2 is 2.08 bits per heavy atom. The van der Waals surface area contributed by atoms with E-state index in [1.165, 1.54) is 6.20 Å². The number of amides is 1. The summed E-state index contributed by atoms with van der Waals surface area (Å²) in [6.07, 6.45) is 8.57. The van der Waals surface area contributed by atoms with E-state index >= 15 is 0 Å². The van der Waals surface area contributed by atoms with Crippen molar-refractivity contribution < 1.29 is 14.3 Å². The molecular formula is C26H35N7O4. The van der Waals surface area contributed by atoms with Gasteiger partial charge in [0.05, 0.1) is 11.8 Å². The Balaban J connectivity index is 1.42. The summed E-state index contributed by atoms with van der Waals surface area (Å²) < 4.78 is 14.5. The van der Waals surface area contributed by atoms with Crippen molar-refractivity contribution in [1.29, 1.82) is 0 Å². The molecule has 0 spiro atoms. The van der Waals surface area contributed by atoms with Crippen LogP contribution in [0, 0.1) is 0 Å². The molecule has 0 radical (unpaired) electrons. The molecule has 1 saturated heterocycles. The van der Waals surface area contributed by atoms with Gasteiger partial charge < -0.3 is 30.0 Å². The molecular weight excluding hydrogens is 474 g/mol. The minimum atomic E-state index is -0.237. The molecule has 198 valence electrons. The molecule has 3 N–H and O–H groups in total. The minimum Gasteiger partial charge on any atom is -0.381 e. The Bertz CT molecular complexity index is 1330. The van der Waals surface area contributed by atoms with Gasteiger partial charge in [-0.3, -0.25) is 9.59 Å². The standard InChI is InChI=1S/C26H35N7O4/c1-26(36-3)10-4-6-17(15-26)29-24(34)19-16-28-33-22(27-2)14-21(31-23(19)33)30-20-7-5-11-32(25(20)35)18-8-12-37-13-9-18/h5,7,11,14,16-18,27H,4,6,8-10,12-13,15H2,1-3H3,(H,29,34)(H,30,31)/t17?,26-/m0/s1. The largest absolute Gasteiger partial charge is 0.381 e. The molecule has 0 bridgehead atoms. The molecule has 4 heterocycles. The summed E-state index contributed by atoms with van der Waals surface area (Å²) in [7, 11) is 3.49. The first-order chi connectivity index (χ1) is 17.9. The van der Waals surface area contributed by atoms with Crippen molar-refractivity contribution in [2.45, 2.75) is 63.1 Å². The molecule has 1 unspecified atom stereocenters. The number of carbonyl (C=O) groups excluding carboxylic acids is 1. The average molecular weight is 510 g/mol. The number of anilines is 3. The summed E-state index contributed by atoms with van der Waals surface area (Å²) in [5, 5.41) is 13.8. The quantitative estimate of drug-likeness (QED) is 0.444. The van der Waals surface area contributed by atoms with Crippen molar-refractivity contribution in [3.8, 4) is 0 Å². The van der Waals surface area contributed by atoms with Crippen LogP contribution in [0.3, 0.4) is 0 Å². The number of ether oxygens (including phenoxy) is 2. The van der Waals surface area contributed by atoms with Gasteiger partial charge in [-0.25, -0.2) is 4.98 Å². The number of nitrogens with zero attached hydrogens (tertiary/aromatic N) is 4. The van der Waals surface area contributed by atoms with Crippen LogP contribution in [0.2, 0.25) is 0 Å². The van der Waals surface area contributed by atoms with Gasteiger partial charge >= 0.3 is 0 Å². The third-order valence-electron chi connectivity index (χ3n) is 7.56. The fourth-order valence-electron chi connectivity index (χ4n) is 5.38. The zero-order valence-corrected chi connectivity index (χ0v) is 21.6. The van der Waals surface area contributed by atoms with Gasteiger partial charge in [-0.05, 0) is 57.6 Å². The first-order valence-electron chi connectivity index (χ1n) is 12.9. The zero-order valence-electron chi connectivity index (χ0n) is 21.6. The van der Waals surface area contributed by atoms with Crippen LogP contribution in [0.1, 0.15) is 61.8 Å². The lowest BCUT2D eigenvalue weighted by Gasteiger charge is -2.37. The molecule has 0 aromatic carbocycles. The van der Waals surface area contributed by atoms with E-state index in [9.17, 15) is 9.59 Å². The molecule has 2 fully saturated rings. The third kappa shape index (κ3) is 5.19. The van der Waals surface area contributed by atoms with E-state index in [4.69, 9.17) is 9.47 Å². The minimum absolute atomic E-state index is 0.0131. The summed E-state index contributed by atoms with van der Waals surface area (Å²) in [6.45, 7) is 3.38. The number of aromatic nitrogens is 4. The normalized spacial score (nSPS) is 22.6. The van der Waals surface area contributed by atoms with E-state index in [2.05, 4.69) is 33.0 Å².